The highest BCUT2D eigenvalue weighted by molar-refractivity contribution is 5.98. The van der Waals surface area contributed by atoms with Gasteiger partial charge in [0.15, 0.2) is 0 Å². The topological polar surface area (TPSA) is 67.2 Å². The van der Waals surface area contributed by atoms with Gasteiger partial charge in [-0.2, -0.15) is 5.10 Å². The maximum absolute atomic E-state index is 13.4. The molecule has 1 aromatic heterocycles. The third kappa shape index (κ3) is 4.70. The molecule has 3 unspecified atom stereocenters. The minimum Gasteiger partial charge on any atom is -0.350 e. The van der Waals surface area contributed by atoms with Gasteiger partial charge < -0.3 is 10.2 Å². The van der Waals surface area contributed by atoms with E-state index < -0.39 is 6.04 Å². The van der Waals surface area contributed by atoms with Crippen LogP contribution in [0.1, 0.15) is 53.6 Å². The zero-order valence-electron chi connectivity index (χ0n) is 18.8. The predicted molar refractivity (Wildman–Crippen MR) is 126 cm³/mol. The highest BCUT2D eigenvalue weighted by Gasteiger charge is 2.47. The first-order chi connectivity index (χ1) is 16.2. The summed E-state index contributed by atoms with van der Waals surface area (Å²) in [6.45, 7) is 1.14. The maximum atomic E-state index is 13.4. The lowest BCUT2D eigenvalue weighted by Gasteiger charge is -2.33. The average molecular weight is 443 g/mol. The Balaban J connectivity index is 1.29. The Bertz CT molecular complexity index is 1100. The largest absolute Gasteiger partial charge is 0.350 e. The summed E-state index contributed by atoms with van der Waals surface area (Å²) in [5.41, 5.74) is 2.84. The SMILES string of the molecule is O=C(NCc1cccc(Cn2cccn2)c1)C1CC2CCCCC2N1C(=O)c1ccccc1. The minimum atomic E-state index is -0.405. The molecule has 2 aliphatic rings. The van der Waals surface area contributed by atoms with Crippen molar-refractivity contribution >= 4 is 11.8 Å². The average Bonchev–Trinajstić information content (AvgIpc) is 3.51. The molecule has 1 saturated carbocycles. The van der Waals surface area contributed by atoms with Gasteiger partial charge in [-0.05, 0) is 54.5 Å². The number of nitrogens with zero attached hydrogens (tertiary/aromatic N) is 3. The number of benzene rings is 2. The molecule has 1 aliphatic carbocycles. The van der Waals surface area contributed by atoms with Crippen molar-refractivity contribution in [1.82, 2.24) is 20.0 Å². The second kappa shape index (κ2) is 9.61. The summed E-state index contributed by atoms with van der Waals surface area (Å²) in [5, 5.41) is 7.38. The van der Waals surface area contributed by atoms with Crippen LogP contribution in [0.2, 0.25) is 0 Å². The summed E-state index contributed by atoms with van der Waals surface area (Å²) < 4.78 is 1.88. The number of nitrogens with one attached hydrogen (secondary N) is 1. The maximum Gasteiger partial charge on any atom is 0.254 e. The molecule has 6 heteroatoms. The molecule has 2 aromatic carbocycles. The summed E-state index contributed by atoms with van der Waals surface area (Å²) >= 11 is 0. The van der Waals surface area contributed by atoms with E-state index in [-0.39, 0.29) is 17.9 Å². The van der Waals surface area contributed by atoms with Crippen molar-refractivity contribution in [3.8, 4) is 0 Å². The van der Waals surface area contributed by atoms with Gasteiger partial charge in [-0.1, -0.05) is 55.3 Å². The molecular formula is C27H30N4O2. The van der Waals surface area contributed by atoms with Crippen LogP contribution in [0.15, 0.2) is 73.1 Å². The second-order valence-electron chi connectivity index (χ2n) is 9.18. The third-order valence-corrected chi connectivity index (χ3v) is 7.01. The van der Waals surface area contributed by atoms with E-state index in [1.807, 2.05) is 64.3 Å². The predicted octanol–water partition coefficient (Wildman–Crippen LogP) is 4.02. The number of hydrogen-bond donors (Lipinski definition) is 1. The van der Waals surface area contributed by atoms with Crippen molar-refractivity contribution in [3.05, 3.63) is 89.7 Å². The Morgan fingerprint density at radius 1 is 0.970 bits per heavy atom. The first-order valence-corrected chi connectivity index (χ1v) is 11.9. The number of fused-ring (bicyclic) bond motifs is 1. The van der Waals surface area contributed by atoms with E-state index in [0.717, 1.165) is 36.8 Å². The highest BCUT2D eigenvalue weighted by Crippen LogP contribution is 2.40. The number of likely N-dealkylation sites (tertiary alicyclic amines) is 1. The molecule has 0 radical (unpaired) electrons. The quantitative estimate of drug-likeness (QED) is 0.627. The lowest BCUT2D eigenvalue weighted by molar-refractivity contribution is -0.125. The fraction of sp³-hybridized carbons (Fsp3) is 0.370. The van der Waals surface area contributed by atoms with E-state index in [1.54, 1.807) is 6.20 Å². The van der Waals surface area contributed by atoms with Gasteiger partial charge in [0.25, 0.3) is 5.91 Å². The van der Waals surface area contributed by atoms with Gasteiger partial charge in [0, 0.05) is 30.5 Å². The van der Waals surface area contributed by atoms with Gasteiger partial charge in [-0.15, -0.1) is 0 Å². The van der Waals surface area contributed by atoms with Gasteiger partial charge in [-0.25, -0.2) is 0 Å². The molecule has 0 bridgehead atoms. The summed E-state index contributed by atoms with van der Waals surface area (Å²) in [4.78, 5) is 28.6. The van der Waals surface area contributed by atoms with Gasteiger partial charge in [0.2, 0.25) is 5.91 Å². The molecule has 33 heavy (non-hydrogen) atoms. The molecule has 5 rings (SSSR count). The molecule has 170 valence electrons. The normalized spacial score (nSPS) is 22.1. The van der Waals surface area contributed by atoms with Crippen LogP contribution in [0.25, 0.3) is 0 Å². The number of aromatic nitrogens is 2. The number of rotatable bonds is 6. The molecule has 0 spiro atoms. The van der Waals surface area contributed by atoms with Gasteiger partial charge in [-0.3, -0.25) is 14.3 Å². The Hall–Kier alpha value is -3.41. The Morgan fingerprint density at radius 2 is 1.79 bits per heavy atom. The molecule has 2 amide bonds. The Labute approximate surface area is 194 Å². The van der Waals surface area contributed by atoms with Crippen LogP contribution in [-0.2, 0) is 17.9 Å². The van der Waals surface area contributed by atoms with Crippen molar-refractivity contribution in [3.63, 3.8) is 0 Å². The van der Waals surface area contributed by atoms with Crippen molar-refractivity contribution in [1.29, 1.82) is 0 Å². The zero-order chi connectivity index (χ0) is 22.6. The molecule has 1 aliphatic heterocycles. The number of amides is 2. The standard InChI is InChI=1S/C27H30N4O2/c32-26(28-18-20-8-6-9-21(16-20)19-30-15-7-14-29-30)25-17-23-12-4-5-13-24(23)31(25)27(33)22-10-2-1-3-11-22/h1-3,6-11,14-16,23-25H,4-5,12-13,17-19H2,(H,28,32). The number of hydrogen-bond acceptors (Lipinski definition) is 3. The van der Waals surface area contributed by atoms with Crippen LogP contribution in [-0.4, -0.2) is 38.6 Å². The minimum absolute atomic E-state index is 0.0219. The third-order valence-electron chi connectivity index (χ3n) is 7.01. The summed E-state index contributed by atoms with van der Waals surface area (Å²) in [6, 6.07) is 19.2. The molecule has 2 heterocycles. The van der Waals surface area contributed by atoms with Crippen LogP contribution in [0.4, 0.5) is 0 Å². The first-order valence-electron chi connectivity index (χ1n) is 11.9. The van der Waals surface area contributed by atoms with Crippen LogP contribution < -0.4 is 5.32 Å². The molecular weight excluding hydrogens is 412 g/mol. The van der Waals surface area contributed by atoms with Crippen LogP contribution in [0.3, 0.4) is 0 Å². The fourth-order valence-corrected chi connectivity index (χ4v) is 5.44. The molecule has 1 saturated heterocycles. The van der Waals surface area contributed by atoms with E-state index >= 15 is 0 Å². The lowest BCUT2D eigenvalue weighted by atomic mass is 9.84. The molecule has 3 atom stereocenters. The molecule has 1 N–H and O–H groups in total. The molecule has 2 fully saturated rings. The van der Waals surface area contributed by atoms with Crippen molar-refractivity contribution in [2.45, 2.75) is 57.3 Å². The van der Waals surface area contributed by atoms with Gasteiger partial charge in [0.05, 0.1) is 6.54 Å². The molecule has 6 nitrogen and oxygen atoms in total. The van der Waals surface area contributed by atoms with E-state index in [2.05, 4.69) is 22.5 Å². The fourth-order valence-electron chi connectivity index (χ4n) is 5.44. The van der Waals surface area contributed by atoms with Crippen molar-refractivity contribution in [2.24, 2.45) is 5.92 Å². The summed E-state index contributed by atoms with van der Waals surface area (Å²) in [5.74, 6) is 0.345. The van der Waals surface area contributed by atoms with E-state index in [1.165, 1.54) is 6.42 Å². The molecule has 3 aromatic rings. The summed E-state index contributed by atoms with van der Waals surface area (Å²) in [6.07, 6.45) is 8.86. The Kier molecular flexibility index (Phi) is 6.24. The second-order valence-corrected chi connectivity index (χ2v) is 9.18. The van der Waals surface area contributed by atoms with E-state index in [9.17, 15) is 9.59 Å². The summed E-state index contributed by atoms with van der Waals surface area (Å²) in [7, 11) is 0. The van der Waals surface area contributed by atoms with Crippen LogP contribution in [0, 0.1) is 5.92 Å². The van der Waals surface area contributed by atoms with E-state index in [0.29, 0.717) is 24.6 Å². The zero-order valence-corrected chi connectivity index (χ0v) is 18.8. The van der Waals surface area contributed by atoms with Crippen LogP contribution >= 0.6 is 0 Å². The van der Waals surface area contributed by atoms with Crippen LogP contribution in [0.5, 0.6) is 0 Å². The number of carbonyl (C=O) groups excluding carboxylic acids is 2. The van der Waals surface area contributed by atoms with Crippen molar-refractivity contribution in [2.75, 3.05) is 0 Å². The Morgan fingerprint density at radius 3 is 2.61 bits per heavy atom. The number of carbonyl (C=O) groups is 2. The first kappa shape index (κ1) is 21.4. The lowest BCUT2D eigenvalue weighted by Crippen LogP contribution is -2.49. The van der Waals surface area contributed by atoms with Crippen molar-refractivity contribution < 1.29 is 9.59 Å². The highest BCUT2D eigenvalue weighted by atomic mass is 16.2. The van der Waals surface area contributed by atoms with Gasteiger partial charge >= 0.3 is 0 Å². The smallest absolute Gasteiger partial charge is 0.254 e. The van der Waals surface area contributed by atoms with Gasteiger partial charge in [0.1, 0.15) is 6.04 Å². The monoisotopic (exact) mass is 442 g/mol. The van der Waals surface area contributed by atoms with E-state index in [4.69, 9.17) is 0 Å².